The van der Waals surface area contributed by atoms with E-state index in [1.807, 2.05) is 31.2 Å². The molecule has 0 saturated carbocycles. The molecule has 1 atom stereocenters. The molecule has 33 heavy (non-hydrogen) atoms. The van der Waals surface area contributed by atoms with Crippen molar-refractivity contribution in [1.29, 1.82) is 5.26 Å². The molecule has 3 heterocycles. The number of amides is 1. The van der Waals surface area contributed by atoms with Crippen molar-refractivity contribution in [3.05, 3.63) is 76.7 Å². The van der Waals surface area contributed by atoms with Crippen LogP contribution in [0.1, 0.15) is 16.7 Å². The van der Waals surface area contributed by atoms with Crippen LogP contribution in [-0.2, 0) is 19.7 Å². The fourth-order valence-electron chi connectivity index (χ4n) is 4.57. The molecule has 1 amide bonds. The highest BCUT2D eigenvalue weighted by Crippen LogP contribution is 2.56. The Labute approximate surface area is 189 Å². The van der Waals surface area contributed by atoms with Crippen molar-refractivity contribution in [3.63, 3.8) is 0 Å². The molecule has 0 aliphatic carbocycles. The maximum absolute atomic E-state index is 14.2. The van der Waals surface area contributed by atoms with E-state index in [1.165, 1.54) is 12.0 Å². The number of hydrogen-bond donors (Lipinski definition) is 2. The van der Waals surface area contributed by atoms with Gasteiger partial charge < -0.3 is 15.2 Å². The van der Waals surface area contributed by atoms with Gasteiger partial charge in [-0.15, -0.1) is 5.10 Å². The first-order chi connectivity index (χ1) is 15.9. The summed E-state index contributed by atoms with van der Waals surface area (Å²) < 4.78 is 10.5. The van der Waals surface area contributed by atoms with E-state index < -0.39 is 17.3 Å². The van der Waals surface area contributed by atoms with Gasteiger partial charge >= 0.3 is 5.97 Å². The van der Waals surface area contributed by atoms with Crippen LogP contribution in [0.5, 0.6) is 5.88 Å². The fourth-order valence-corrected chi connectivity index (χ4v) is 4.57. The fraction of sp³-hybridized carbons (Fsp3) is 0.167. The minimum atomic E-state index is -1.63. The number of H-pyrrole nitrogens is 1. The number of aromatic amines is 1. The van der Waals surface area contributed by atoms with Crippen LogP contribution in [0.25, 0.3) is 11.3 Å². The number of esters is 1. The zero-order valence-corrected chi connectivity index (χ0v) is 17.9. The number of carbonyl (C=O) groups is 2. The van der Waals surface area contributed by atoms with Gasteiger partial charge in [-0.1, -0.05) is 48.0 Å². The molecule has 3 N–H and O–H groups in total. The topological polar surface area (TPSA) is 134 Å². The predicted molar refractivity (Wildman–Crippen MR) is 118 cm³/mol. The Kier molecular flexibility index (Phi) is 4.46. The molecule has 0 bridgehead atoms. The van der Waals surface area contributed by atoms with Crippen LogP contribution in [0.2, 0.25) is 0 Å². The molecular formula is C24H19N5O4. The van der Waals surface area contributed by atoms with Gasteiger partial charge in [0.2, 0.25) is 17.7 Å². The SMILES string of the molecule is COC(=O)CN1C(=O)C2(C(C#N)=C(N)Oc3n[nH]c(-c4ccc(C)cc4)c32)c2ccccc21. The smallest absolute Gasteiger partial charge is 0.325 e. The molecular weight excluding hydrogens is 422 g/mol. The molecule has 5 rings (SSSR count). The number of benzene rings is 2. The van der Waals surface area contributed by atoms with E-state index in [0.717, 1.165) is 11.1 Å². The average Bonchev–Trinajstić information content (AvgIpc) is 3.34. The number of nitrogens with two attached hydrogens (primary N) is 1. The maximum atomic E-state index is 14.2. The Morgan fingerprint density at radius 3 is 2.70 bits per heavy atom. The summed E-state index contributed by atoms with van der Waals surface area (Å²) in [6.07, 6.45) is 0. The number of hydrogen-bond acceptors (Lipinski definition) is 7. The van der Waals surface area contributed by atoms with Gasteiger partial charge in [0.1, 0.15) is 23.6 Å². The number of nitriles is 1. The first-order valence-electron chi connectivity index (χ1n) is 10.2. The molecule has 1 aromatic heterocycles. The molecule has 164 valence electrons. The average molecular weight is 441 g/mol. The van der Waals surface area contributed by atoms with E-state index in [1.54, 1.807) is 24.3 Å². The largest absolute Gasteiger partial charge is 0.468 e. The molecule has 1 spiro atoms. The molecule has 3 aromatic rings. The first kappa shape index (κ1) is 20.3. The van der Waals surface area contributed by atoms with Gasteiger partial charge in [0.15, 0.2) is 0 Å². The monoisotopic (exact) mass is 441 g/mol. The van der Waals surface area contributed by atoms with Gasteiger partial charge in [-0.3, -0.25) is 19.6 Å². The molecule has 1 unspecified atom stereocenters. The van der Waals surface area contributed by atoms with Gasteiger partial charge in [0.05, 0.1) is 18.4 Å². The van der Waals surface area contributed by atoms with E-state index in [0.29, 0.717) is 22.5 Å². The summed E-state index contributed by atoms with van der Waals surface area (Å²) in [6, 6.07) is 16.7. The Hall–Kier alpha value is -4.58. The van der Waals surface area contributed by atoms with Crippen molar-refractivity contribution in [1.82, 2.24) is 10.2 Å². The number of fused-ring (bicyclic) bond motifs is 4. The molecule has 9 nitrogen and oxygen atoms in total. The summed E-state index contributed by atoms with van der Waals surface area (Å²) in [5.41, 5.74) is 8.15. The second-order valence-corrected chi connectivity index (χ2v) is 7.83. The highest BCUT2D eigenvalue weighted by atomic mass is 16.5. The highest BCUT2D eigenvalue weighted by Gasteiger charge is 2.61. The van der Waals surface area contributed by atoms with Crippen LogP contribution in [-0.4, -0.2) is 35.7 Å². The molecule has 2 aromatic carbocycles. The maximum Gasteiger partial charge on any atom is 0.325 e. The molecule has 9 heteroatoms. The lowest BCUT2D eigenvalue weighted by Gasteiger charge is -2.32. The predicted octanol–water partition coefficient (Wildman–Crippen LogP) is 2.28. The lowest BCUT2D eigenvalue weighted by molar-refractivity contribution is -0.140. The number of para-hydroxylation sites is 1. The highest BCUT2D eigenvalue weighted by molar-refractivity contribution is 6.16. The minimum Gasteiger partial charge on any atom is -0.468 e. The molecule has 0 saturated heterocycles. The Balaban J connectivity index is 1.85. The summed E-state index contributed by atoms with van der Waals surface area (Å²) in [5, 5.41) is 17.4. The third-order valence-corrected chi connectivity index (χ3v) is 6.07. The van der Waals surface area contributed by atoms with Gasteiger partial charge in [-0.2, -0.15) is 5.26 Å². The number of ether oxygens (including phenoxy) is 2. The van der Waals surface area contributed by atoms with Crippen LogP contribution < -0.4 is 15.4 Å². The number of nitrogens with zero attached hydrogens (tertiary/aromatic N) is 3. The van der Waals surface area contributed by atoms with Crippen LogP contribution in [0, 0.1) is 18.3 Å². The standard InChI is InChI=1S/C24H19N5O4/c1-13-7-9-14(10-8-13)20-19-22(28-27-20)33-21(26)16(11-25)24(19)15-5-3-4-6-17(15)29(23(24)31)12-18(30)32-2/h3-10H,12,26H2,1-2H3,(H,27,28). The van der Waals surface area contributed by atoms with E-state index >= 15 is 0 Å². The van der Waals surface area contributed by atoms with Crippen molar-refractivity contribution >= 4 is 17.6 Å². The zero-order valence-electron chi connectivity index (χ0n) is 17.9. The number of methoxy groups -OCH3 is 1. The lowest BCUT2D eigenvalue weighted by Crippen LogP contribution is -2.47. The summed E-state index contributed by atoms with van der Waals surface area (Å²) in [5.74, 6) is -1.21. The van der Waals surface area contributed by atoms with E-state index in [2.05, 4.69) is 16.3 Å². The van der Waals surface area contributed by atoms with Crippen molar-refractivity contribution in [3.8, 4) is 23.2 Å². The Morgan fingerprint density at radius 2 is 2.00 bits per heavy atom. The van der Waals surface area contributed by atoms with Gasteiger partial charge in [-0.05, 0) is 13.0 Å². The third kappa shape index (κ3) is 2.67. The van der Waals surface area contributed by atoms with Crippen molar-refractivity contribution in [2.75, 3.05) is 18.6 Å². The van der Waals surface area contributed by atoms with Gasteiger partial charge in [0.25, 0.3) is 0 Å². The lowest BCUT2D eigenvalue weighted by atomic mass is 9.68. The minimum absolute atomic E-state index is 0.0606. The summed E-state index contributed by atoms with van der Waals surface area (Å²) in [7, 11) is 1.25. The van der Waals surface area contributed by atoms with Crippen molar-refractivity contribution in [2.45, 2.75) is 12.3 Å². The summed E-state index contributed by atoms with van der Waals surface area (Å²) >= 11 is 0. The van der Waals surface area contributed by atoms with Crippen LogP contribution in [0.15, 0.2) is 60.0 Å². The number of carbonyl (C=O) groups excluding carboxylic acids is 2. The van der Waals surface area contributed by atoms with Gasteiger partial charge in [-0.25, -0.2) is 0 Å². The second-order valence-electron chi connectivity index (χ2n) is 7.83. The molecule has 2 aliphatic rings. The number of aromatic nitrogens is 2. The van der Waals surface area contributed by atoms with Gasteiger partial charge in [0, 0.05) is 16.8 Å². The van der Waals surface area contributed by atoms with E-state index in [9.17, 15) is 14.9 Å². The Morgan fingerprint density at radius 1 is 1.27 bits per heavy atom. The number of aryl methyl sites for hydroxylation is 1. The van der Waals surface area contributed by atoms with Crippen molar-refractivity contribution < 1.29 is 19.1 Å². The van der Waals surface area contributed by atoms with Crippen LogP contribution in [0.4, 0.5) is 5.69 Å². The third-order valence-electron chi connectivity index (χ3n) is 6.07. The molecule has 2 aliphatic heterocycles. The number of rotatable bonds is 3. The van der Waals surface area contributed by atoms with Crippen LogP contribution in [0.3, 0.4) is 0 Å². The molecule has 0 radical (unpaired) electrons. The van der Waals surface area contributed by atoms with Crippen molar-refractivity contribution in [2.24, 2.45) is 5.73 Å². The van der Waals surface area contributed by atoms with Crippen LogP contribution >= 0.6 is 0 Å². The van der Waals surface area contributed by atoms with E-state index in [-0.39, 0.29) is 23.9 Å². The number of nitrogens with one attached hydrogen (secondary N) is 1. The zero-order chi connectivity index (χ0) is 23.3. The van der Waals surface area contributed by atoms with E-state index in [4.69, 9.17) is 15.2 Å². The summed E-state index contributed by atoms with van der Waals surface area (Å²) in [6.45, 7) is 1.65. The molecule has 0 fully saturated rings. The first-order valence-corrected chi connectivity index (χ1v) is 10.2. The summed E-state index contributed by atoms with van der Waals surface area (Å²) in [4.78, 5) is 27.7. The Bertz CT molecular complexity index is 1380. The second kappa shape index (κ2) is 7.24. The normalized spacial score (nSPS) is 18.6. The quantitative estimate of drug-likeness (QED) is 0.596. The number of anilines is 1.